The molecule has 2 aromatic carbocycles. The van der Waals surface area contributed by atoms with Crippen LogP contribution in [0.1, 0.15) is 24.5 Å². The number of aromatic amines is 1. The van der Waals surface area contributed by atoms with Gasteiger partial charge in [0.2, 0.25) is 5.91 Å². The van der Waals surface area contributed by atoms with Gasteiger partial charge in [-0.05, 0) is 49.1 Å². The van der Waals surface area contributed by atoms with Crippen LogP contribution in [0.25, 0.3) is 11.3 Å². The van der Waals surface area contributed by atoms with E-state index in [4.69, 9.17) is 4.74 Å². The van der Waals surface area contributed by atoms with Crippen LogP contribution in [0.2, 0.25) is 0 Å². The van der Waals surface area contributed by atoms with Crippen LogP contribution in [-0.2, 0) is 22.4 Å². The van der Waals surface area contributed by atoms with Crippen LogP contribution in [0.5, 0.6) is 0 Å². The van der Waals surface area contributed by atoms with E-state index in [1.165, 1.54) is 12.5 Å². The molecule has 1 aromatic heterocycles. The fraction of sp³-hybridized carbons (Fsp3) is 0.261. The highest BCUT2D eigenvalue weighted by Crippen LogP contribution is 2.37. The average molecular weight is 417 g/mol. The minimum absolute atomic E-state index is 0.228. The van der Waals surface area contributed by atoms with Crippen molar-refractivity contribution in [2.24, 2.45) is 0 Å². The Kier molecular flexibility index (Phi) is 4.82. The molecule has 1 atom stereocenters. The number of aromatic nitrogens is 2. The molecule has 0 bridgehead atoms. The molecule has 31 heavy (non-hydrogen) atoms. The summed E-state index contributed by atoms with van der Waals surface area (Å²) in [5.41, 5.74) is 6.19. The van der Waals surface area contributed by atoms with Crippen molar-refractivity contribution in [2.45, 2.75) is 32.4 Å². The zero-order chi connectivity index (χ0) is 21.4. The lowest BCUT2D eigenvalue weighted by Gasteiger charge is -2.16. The first-order valence-corrected chi connectivity index (χ1v) is 10.4. The predicted octanol–water partition coefficient (Wildman–Crippen LogP) is 3.73. The Labute approximate surface area is 179 Å². The Morgan fingerprint density at radius 2 is 2.03 bits per heavy atom. The minimum Gasteiger partial charge on any atom is -0.423 e. The maximum atomic E-state index is 12.3. The number of carbonyl (C=O) groups is 2. The van der Waals surface area contributed by atoms with Gasteiger partial charge in [0.25, 0.3) is 0 Å². The van der Waals surface area contributed by atoms with Gasteiger partial charge in [-0.1, -0.05) is 24.3 Å². The molecule has 5 rings (SSSR count). The van der Waals surface area contributed by atoms with Gasteiger partial charge in [-0.3, -0.25) is 14.8 Å². The first-order valence-electron chi connectivity index (χ1n) is 10.4. The fourth-order valence-corrected chi connectivity index (χ4v) is 4.22. The van der Waals surface area contributed by atoms with Gasteiger partial charge in [0.1, 0.15) is 0 Å². The second kappa shape index (κ2) is 7.79. The smallest absolute Gasteiger partial charge is 0.416 e. The number of fused-ring (bicyclic) bond motifs is 3. The van der Waals surface area contributed by atoms with Crippen molar-refractivity contribution in [2.75, 3.05) is 16.8 Å². The van der Waals surface area contributed by atoms with E-state index < -0.39 is 12.3 Å². The monoisotopic (exact) mass is 417 g/mol. The molecule has 1 fully saturated rings. The number of nitrogens with zero attached hydrogens (tertiary/aromatic N) is 2. The van der Waals surface area contributed by atoms with E-state index in [9.17, 15) is 9.59 Å². The van der Waals surface area contributed by atoms with E-state index in [1.807, 2.05) is 48.5 Å². The summed E-state index contributed by atoms with van der Waals surface area (Å²) < 4.78 is 5.25. The first kappa shape index (κ1) is 19.2. The summed E-state index contributed by atoms with van der Waals surface area (Å²) in [5, 5.41) is 13.8. The molecule has 2 aliphatic rings. The number of para-hydroxylation sites is 1. The van der Waals surface area contributed by atoms with Gasteiger partial charge in [-0.2, -0.15) is 5.10 Å². The number of benzene rings is 2. The van der Waals surface area contributed by atoms with Gasteiger partial charge in [0.15, 0.2) is 12.0 Å². The highest BCUT2D eigenvalue weighted by Gasteiger charge is 2.33. The van der Waals surface area contributed by atoms with Gasteiger partial charge < -0.3 is 15.4 Å². The van der Waals surface area contributed by atoms with Crippen LogP contribution in [0, 0.1) is 0 Å². The largest absolute Gasteiger partial charge is 0.423 e. The number of carbonyl (C=O) groups excluding carboxylic acids is 2. The van der Waals surface area contributed by atoms with Gasteiger partial charge in [-0.15, -0.1) is 0 Å². The van der Waals surface area contributed by atoms with E-state index in [1.54, 1.807) is 4.90 Å². The van der Waals surface area contributed by atoms with E-state index >= 15 is 0 Å². The van der Waals surface area contributed by atoms with Crippen LogP contribution in [0.15, 0.2) is 48.5 Å². The van der Waals surface area contributed by atoms with Crippen LogP contribution >= 0.6 is 0 Å². The van der Waals surface area contributed by atoms with E-state index in [-0.39, 0.29) is 12.5 Å². The van der Waals surface area contributed by atoms with Gasteiger partial charge in [0, 0.05) is 29.4 Å². The number of cyclic esters (lactones) is 1. The molecule has 1 saturated heterocycles. The van der Waals surface area contributed by atoms with Gasteiger partial charge in [0.05, 0.1) is 12.2 Å². The Morgan fingerprint density at radius 1 is 1.19 bits per heavy atom. The summed E-state index contributed by atoms with van der Waals surface area (Å²) in [4.78, 5) is 25.1. The summed E-state index contributed by atoms with van der Waals surface area (Å²) in [7, 11) is 0. The van der Waals surface area contributed by atoms with Crippen molar-refractivity contribution >= 4 is 29.2 Å². The number of aryl methyl sites for hydroxylation is 1. The molecule has 2 amide bonds. The number of nitrogens with one attached hydrogen (secondary N) is 3. The molecular weight excluding hydrogens is 394 g/mol. The highest BCUT2D eigenvalue weighted by molar-refractivity contribution is 5.91. The third kappa shape index (κ3) is 3.72. The van der Waals surface area contributed by atoms with Crippen LogP contribution < -0.4 is 15.5 Å². The molecule has 3 N–H and O–H groups in total. The maximum Gasteiger partial charge on any atom is 0.416 e. The number of anilines is 3. The predicted molar refractivity (Wildman–Crippen MR) is 117 cm³/mol. The van der Waals surface area contributed by atoms with Crippen molar-refractivity contribution < 1.29 is 14.3 Å². The van der Waals surface area contributed by atoms with Crippen molar-refractivity contribution in [3.63, 3.8) is 0 Å². The maximum absolute atomic E-state index is 12.3. The molecular formula is C23H23N5O3. The molecule has 0 saturated carbocycles. The van der Waals surface area contributed by atoms with E-state index in [0.29, 0.717) is 0 Å². The molecule has 0 unspecified atom stereocenters. The Morgan fingerprint density at radius 3 is 2.84 bits per heavy atom. The Balaban J connectivity index is 1.43. The van der Waals surface area contributed by atoms with Crippen molar-refractivity contribution in [3.05, 3.63) is 59.7 Å². The Bertz CT molecular complexity index is 1140. The third-order valence-electron chi connectivity index (χ3n) is 5.62. The highest BCUT2D eigenvalue weighted by atomic mass is 16.6. The van der Waals surface area contributed by atoms with Crippen LogP contribution in [-0.4, -0.2) is 35.0 Å². The summed E-state index contributed by atoms with van der Waals surface area (Å²) in [6.07, 6.45) is 1.69. The molecule has 3 aromatic rings. The second-order valence-electron chi connectivity index (χ2n) is 7.80. The number of ether oxygens (including phenoxy) is 1. The minimum atomic E-state index is -0.630. The quantitative estimate of drug-likeness (QED) is 0.601. The molecule has 158 valence electrons. The van der Waals surface area contributed by atoms with Gasteiger partial charge >= 0.3 is 6.09 Å². The number of rotatable bonds is 4. The lowest BCUT2D eigenvalue weighted by Crippen LogP contribution is -2.36. The fourth-order valence-electron chi connectivity index (χ4n) is 4.22. The van der Waals surface area contributed by atoms with Crippen molar-refractivity contribution in [1.29, 1.82) is 0 Å². The van der Waals surface area contributed by atoms with Crippen LogP contribution in [0.4, 0.5) is 22.0 Å². The van der Waals surface area contributed by atoms with Crippen molar-refractivity contribution in [1.82, 2.24) is 15.5 Å². The zero-order valence-corrected chi connectivity index (χ0v) is 17.1. The first-order chi connectivity index (χ1) is 15.1. The lowest BCUT2D eigenvalue weighted by molar-refractivity contribution is -0.121. The summed E-state index contributed by atoms with van der Waals surface area (Å²) in [6, 6.07) is 16.0. The lowest BCUT2D eigenvalue weighted by atomic mass is 10.0. The number of H-pyrrole nitrogens is 1. The van der Waals surface area contributed by atoms with Crippen LogP contribution in [0.3, 0.4) is 0 Å². The number of hydrogen-bond acceptors (Lipinski definition) is 5. The Hall–Kier alpha value is -3.81. The average Bonchev–Trinajstić information content (AvgIpc) is 3.25. The number of amides is 2. The number of hydrogen-bond donors (Lipinski definition) is 3. The standard InChI is InChI=1S/C23H23N5O3/c1-14(29)24-20-13-28(23(30)31-20)17-10-11-18-15(12-17)6-5-9-19-21(18)26-27-22(19)25-16-7-3-2-4-8-16/h2-4,7-8,10-12,20H,5-6,9,13H2,1H3,(H,24,29)(H2,25,26,27)/t20-/m1/s1. The van der Waals surface area contributed by atoms with E-state index in [2.05, 4.69) is 20.8 Å². The molecule has 1 aliphatic heterocycles. The molecule has 0 spiro atoms. The second-order valence-corrected chi connectivity index (χ2v) is 7.80. The topological polar surface area (TPSA) is 99.4 Å². The molecule has 0 radical (unpaired) electrons. The molecule has 2 heterocycles. The molecule has 1 aliphatic carbocycles. The summed E-state index contributed by atoms with van der Waals surface area (Å²) >= 11 is 0. The summed E-state index contributed by atoms with van der Waals surface area (Å²) in [6.45, 7) is 1.69. The van der Waals surface area contributed by atoms with E-state index in [0.717, 1.165) is 53.3 Å². The zero-order valence-electron chi connectivity index (χ0n) is 17.1. The normalized spacial score (nSPS) is 17.4. The third-order valence-corrected chi connectivity index (χ3v) is 5.62. The summed E-state index contributed by atoms with van der Waals surface area (Å²) in [5.74, 6) is 0.618. The van der Waals surface area contributed by atoms with Gasteiger partial charge in [-0.25, -0.2) is 4.79 Å². The molecule has 8 nitrogen and oxygen atoms in total. The molecule has 8 heteroatoms. The SMILES string of the molecule is CC(=O)N[C@H]1CN(c2ccc3c(c2)CCCc2c(Nc4ccccc4)n[nH]c2-3)C(=O)O1. The van der Waals surface area contributed by atoms with Crippen molar-refractivity contribution in [3.8, 4) is 11.3 Å².